The molecule has 18 heavy (non-hydrogen) atoms. The first-order chi connectivity index (χ1) is 8.56. The van der Waals surface area contributed by atoms with Gasteiger partial charge in [0, 0.05) is 11.3 Å². The Morgan fingerprint density at radius 1 is 1.67 bits per heavy atom. The second kappa shape index (κ2) is 5.14. The molecule has 0 aliphatic heterocycles. The number of nitrogens with zero attached hydrogens (tertiary/aromatic N) is 1. The molecule has 6 heteroatoms. The number of pyridine rings is 1. The van der Waals surface area contributed by atoms with E-state index in [1.807, 2.05) is 6.26 Å². The second-order valence-corrected chi connectivity index (χ2v) is 5.78. The molecule has 0 unspecified atom stereocenters. The van der Waals surface area contributed by atoms with Gasteiger partial charge in [-0.1, -0.05) is 6.42 Å². The number of aromatic nitrogens is 1. The maximum absolute atomic E-state index is 13.0. The minimum Gasteiger partial charge on any atom is -0.383 e. The quantitative estimate of drug-likeness (QED) is 0.875. The second-order valence-electron chi connectivity index (χ2n) is 4.51. The van der Waals surface area contributed by atoms with Crippen LogP contribution in [0.1, 0.15) is 29.6 Å². The smallest absolute Gasteiger partial charge is 0.255 e. The van der Waals surface area contributed by atoms with Gasteiger partial charge in [-0.3, -0.25) is 4.79 Å². The highest BCUT2D eigenvalue weighted by Gasteiger charge is 2.36. The van der Waals surface area contributed by atoms with Crippen molar-refractivity contribution in [3.63, 3.8) is 0 Å². The zero-order valence-corrected chi connectivity index (χ0v) is 11.0. The van der Waals surface area contributed by atoms with Crippen LogP contribution in [0.25, 0.3) is 0 Å². The molecular weight excluding hydrogens is 253 g/mol. The average Bonchev–Trinajstić information content (AvgIpc) is 2.31. The van der Waals surface area contributed by atoms with Crippen LogP contribution in [-0.2, 0) is 0 Å². The first kappa shape index (κ1) is 13.1. The van der Waals surface area contributed by atoms with Crippen molar-refractivity contribution in [1.29, 1.82) is 0 Å². The fourth-order valence-corrected chi connectivity index (χ4v) is 2.91. The Kier molecular flexibility index (Phi) is 3.75. The molecule has 1 aromatic rings. The van der Waals surface area contributed by atoms with Gasteiger partial charge in [0.05, 0.1) is 11.8 Å². The Hall–Kier alpha value is -1.30. The number of carbonyl (C=O) groups excluding carboxylic acids is 1. The Morgan fingerprint density at radius 2 is 2.39 bits per heavy atom. The van der Waals surface area contributed by atoms with Gasteiger partial charge < -0.3 is 11.1 Å². The van der Waals surface area contributed by atoms with E-state index in [0.717, 1.165) is 25.1 Å². The van der Waals surface area contributed by atoms with Crippen LogP contribution in [0, 0.1) is 5.82 Å². The monoisotopic (exact) mass is 269 g/mol. The summed E-state index contributed by atoms with van der Waals surface area (Å²) in [5.41, 5.74) is 5.67. The van der Waals surface area contributed by atoms with Crippen molar-refractivity contribution < 1.29 is 9.18 Å². The van der Waals surface area contributed by atoms with Crippen LogP contribution in [-0.4, -0.2) is 28.4 Å². The summed E-state index contributed by atoms with van der Waals surface area (Å²) in [5.74, 6) is -0.863. The molecule has 1 fully saturated rings. The van der Waals surface area contributed by atoms with Crippen LogP contribution in [0.5, 0.6) is 0 Å². The Balaban J connectivity index is 2.01. The number of halogens is 1. The lowest BCUT2D eigenvalue weighted by atomic mass is 9.84. The molecule has 1 amide bonds. The number of carbonyl (C=O) groups is 1. The van der Waals surface area contributed by atoms with E-state index in [1.165, 1.54) is 6.42 Å². The zero-order valence-electron chi connectivity index (χ0n) is 10.2. The molecule has 1 aliphatic rings. The van der Waals surface area contributed by atoms with Gasteiger partial charge in [-0.15, -0.1) is 0 Å². The highest BCUT2D eigenvalue weighted by Crippen LogP contribution is 2.42. The van der Waals surface area contributed by atoms with Gasteiger partial charge in [-0.05, 0) is 25.2 Å². The van der Waals surface area contributed by atoms with Gasteiger partial charge in [0.15, 0.2) is 0 Å². The summed E-state index contributed by atoms with van der Waals surface area (Å²) < 4.78 is 13.2. The molecule has 98 valence electrons. The largest absolute Gasteiger partial charge is 0.383 e. The van der Waals surface area contributed by atoms with Crippen molar-refractivity contribution in [2.24, 2.45) is 0 Å². The van der Waals surface area contributed by atoms with E-state index in [-0.39, 0.29) is 22.0 Å². The van der Waals surface area contributed by atoms with Gasteiger partial charge in [0.2, 0.25) is 0 Å². The zero-order chi connectivity index (χ0) is 13.2. The molecule has 1 aliphatic carbocycles. The van der Waals surface area contributed by atoms with Crippen LogP contribution in [0.4, 0.5) is 10.2 Å². The number of nitrogens with one attached hydrogen (secondary N) is 1. The number of nitrogens with two attached hydrogens (primary N) is 1. The third kappa shape index (κ3) is 2.58. The minimum atomic E-state index is -0.558. The number of rotatable bonds is 4. The Morgan fingerprint density at radius 3 is 2.94 bits per heavy atom. The maximum Gasteiger partial charge on any atom is 0.255 e. The fourth-order valence-electron chi connectivity index (χ4n) is 1.99. The number of anilines is 1. The molecular formula is C12H16FN3OS. The van der Waals surface area contributed by atoms with E-state index in [0.29, 0.717) is 6.54 Å². The first-order valence-electron chi connectivity index (χ1n) is 5.81. The van der Waals surface area contributed by atoms with Gasteiger partial charge in [-0.25, -0.2) is 9.37 Å². The van der Waals surface area contributed by atoms with Gasteiger partial charge in [-0.2, -0.15) is 11.8 Å². The van der Waals surface area contributed by atoms with Crippen molar-refractivity contribution in [2.45, 2.75) is 24.0 Å². The highest BCUT2D eigenvalue weighted by atomic mass is 32.2. The molecule has 0 saturated heterocycles. The summed E-state index contributed by atoms with van der Waals surface area (Å²) in [4.78, 5) is 15.5. The van der Waals surface area contributed by atoms with Crippen LogP contribution < -0.4 is 11.1 Å². The lowest BCUT2D eigenvalue weighted by Crippen LogP contribution is -2.45. The maximum atomic E-state index is 13.0. The van der Waals surface area contributed by atoms with Crippen molar-refractivity contribution in [1.82, 2.24) is 10.3 Å². The molecule has 1 aromatic heterocycles. The van der Waals surface area contributed by atoms with E-state index in [9.17, 15) is 9.18 Å². The number of hydrogen-bond acceptors (Lipinski definition) is 4. The predicted molar refractivity (Wildman–Crippen MR) is 71.0 cm³/mol. The molecule has 0 bridgehead atoms. The number of hydrogen-bond donors (Lipinski definition) is 2. The molecule has 0 atom stereocenters. The molecule has 1 heterocycles. The summed E-state index contributed by atoms with van der Waals surface area (Å²) in [6.07, 6.45) is 6.45. The topological polar surface area (TPSA) is 68.0 Å². The molecule has 1 saturated carbocycles. The predicted octanol–water partition coefficient (Wildman–Crippen LogP) is 1.82. The molecule has 0 radical (unpaired) electrons. The Bertz CT molecular complexity index is 457. The van der Waals surface area contributed by atoms with Crippen LogP contribution in [0.15, 0.2) is 12.3 Å². The summed E-state index contributed by atoms with van der Waals surface area (Å²) in [5, 5.41) is 2.81. The fraction of sp³-hybridized carbons (Fsp3) is 0.500. The Labute approximate surface area is 110 Å². The summed E-state index contributed by atoms with van der Waals surface area (Å²) in [6, 6.07) is 1.12. The van der Waals surface area contributed by atoms with Gasteiger partial charge in [0.1, 0.15) is 11.6 Å². The van der Waals surface area contributed by atoms with E-state index in [1.54, 1.807) is 11.8 Å². The van der Waals surface area contributed by atoms with Crippen LogP contribution in [0.2, 0.25) is 0 Å². The van der Waals surface area contributed by atoms with Gasteiger partial charge in [0.25, 0.3) is 5.91 Å². The van der Waals surface area contributed by atoms with Gasteiger partial charge >= 0.3 is 0 Å². The minimum absolute atomic E-state index is 0.0562. The molecule has 4 nitrogen and oxygen atoms in total. The summed E-state index contributed by atoms with van der Waals surface area (Å²) in [6.45, 7) is 0.586. The van der Waals surface area contributed by atoms with Crippen LogP contribution >= 0.6 is 11.8 Å². The number of thioether (sulfide) groups is 1. The normalized spacial score (nSPS) is 17.0. The lowest BCUT2D eigenvalue weighted by Gasteiger charge is -2.40. The van der Waals surface area contributed by atoms with E-state index >= 15 is 0 Å². The molecule has 3 N–H and O–H groups in total. The summed E-state index contributed by atoms with van der Waals surface area (Å²) in [7, 11) is 0. The van der Waals surface area contributed by atoms with Crippen LogP contribution in [0.3, 0.4) is 0 Å². The molecule has 0 spiro atoms. The number of nitrogen functional groups attached to an aromatic ring is 1. The lowest BCUT2D eigenvalue weighted by molar-refractivity contribution is 0.0944. The van der Waals surface area contributed by atoms with E-state index in [2.05, 4.69) is 10.3 Å². The van der Waals surface area contributed by atoms with Crippen molar-refractivity contribution in [2.75, 3.05) is 18.5 Å². The van der Waals surface area contributed by atoms with Crippen molar-refractivity contribution >= 4 is 23.5 Å². The summed E-state index contributed by atoms with van der Waals surface area (Å²) >= 11 is 1.77. The van der Waals surface area contributed by atoms with Crippen molar-refractivity contribution in [3.05, 3.63) is 23.6 Å². The molecule has 0 aromatic carbocycles. The van der Waals surface area contributed by atoms with Crippen molar-refractivity contribution in [3.8, 4) is 0 Å². The third-order valence-electron chi connectivity index (χ3n) is 3.40. The van der Waals surface area contributed by atoms with E-state index < -0.39 is 5.82 Å². The first-order valence-corrected chi connectivity index (χ1v) is 7.03. The average molecular weight is 269 g/mol. The SMILES string of the molecule is CSC1(CNC(=O)c2cc(F)cnc2N)CCC1. The third-order valence-corrected chi connectivity index (χ3v) is 4.82. The number of amides is 1. The molecule has 2 rings (SSSR count). The van der Waals surface area contributed by atoms with E-state index in [4.69, 9.17) is 5.73 Å². The standard InChI is InChI=1S/C12H16FN3OS/c1-18-12(3-2-4-12)7-16-11(17)9-5-8(13)6-15-10(9)14/h5-6H,2-4,7H2,1H3,(H2,14,15)(H,16,17). The highest BCUT2D eigenvalue weighted by molar-refractivity contribution is 8.00.